The van der Waals surface area contributed by atoms with E-state index in [1.807, 2.05) is 25.6 Å². The van der Waals surface area contributed by atoms with Gasteiger partial charge in [-0.05, 0) is 46.3 Å². The maximum absolute atomic E-state index is 12.1. The van der Waals surface area contributed by atoms with E-state index >= 15 is 0 Å². The summed E-state index contributed by atoms with van der Waals surface area (Å²) >= 11 is 1.92. The predicted octanol–water partition coefficient (Wildman–Crippen LogP) is 3.23. The number of carbonyl (C=O) groups excluding carboxylic acids is 1. The van der Waals surface area contributed by atoms with Crippen molar-refractivity contribution in [1.29, 1.82) is 0 Å². The third-order valence-electron chi connectivity index (χ3n) is 2.64. The molecule has 2 unspecified atom stereocenters. The number of ether oxygens (including phenoxy) is 1. The summed E-state index contributed by atoms with van der Waals surface area (Å²) in [6.45, 7) is 12.7. The number of hydrogen-bond acceptors (Lipinski definition) is 4. The minimum atomic E-state index is -0.579. The van der Waals surface area contributed by atoms with Crippen LogP contribution in [-0.2, 0) is 9.53 Å². The van der Waals surface area contributed by atoms with Crippen molar-refractivity contribution >= 4 is 17.7 Å². The quantitative estimate of drug-likeness (QED) is 0.656. The number of esters is 1. The van der Waals surface area contributed by atoms with Gasteiger partial charge < -0.3 is 4.74 Å². The Labute approximate surface area is 116 Å². The largest absolute Gasteiger partial charge is 0.465 e. The van der Waals surface area contributed by atoms with E-state index in [1.54, 1.807) is 0 Å². The van der Waals surface area contributed by atoms with Crippen LogP contribution in [0.15, 0.2) is 0 Å². The average molecular weight is 275 g/mol. The van der Waals surface area contributed by atoms with E-state index in [1.165, 1.54) is 6.42 Å². The van der Waals surface area contributed by atoms with Gasteiger partial charge in [-0.25, -0.2) is 0 Å². The van der Waals surface area contributed by atoms with Crippen molar-refractivity contribution < 1.29 is 9.53 Å². The maximum Gasteiger partial charge on any atom is 0.326 e. The molecule has 0 aliphatic rings. The normalized spacial score (nSPS) is 16.4. The molecule has 0 radical (unpaired) electrons. The molecule has 18 heavy (non-hydrogen) atoms. The third kappa shape index (κ3) is 6.64. The number of hydrogen-bond donors (Lipinski definition) is 1. The zero-order valence-electron chi connectivity index (χ0n) is 12.7. The fourth-order valence-corrected chi connectivity index (χ4v) is 3.17. The first-order valence-electron chi connectivity index (χ1n) is 6.92. The molecule has 0 aromatic heterocycles. The van der Waals surface area contributed by atoms with E-state index in [0.29, 0.717) is 11.9 Å². The first-order valence-corrected chi connectivity index (χ1v) is 7.97. The van der Waals surface area contributed by atoms with Gasteiger partial charge in [0.05, 0.1) is 6.61 Å². The van der Waals surface area contributed by atoms with Crippen molar-refractivity contribution in [3.63, 3.8) is 0 Å². The summed E-state index contributed by atoms with van der Waals surface area (Å²) in [6.07, 6.45) is 1.97. The van der Waals surface area contributed by atoms with Gasteiger partial charge in [0.25, 0.3) is 0 Å². The standard InChI is InChI=1S/C14H29NO2S/c1-7-9-18-12(5)10-14(6,15-11(3)4)13(16)17-8-2/h11-12,15H,7-10H2,1-6H3. The van der Waals surface area contributed by atoms with E-state index < -0.39 is 5.54 Å². The summed E-state index contributed by atoms with van der Waals surface area (Å²) in [5.41, 5.74) is -0.579. The van der Waals surface area contributed by atoms with Crippen molar-refractivity contribution in [3.8, 4) is 0 Å². The minimum Gasteiger partial charge on any atom is -0.465 e. The highest BCUT2D eigenvalue weighted by molar-refractivity contribution is 7.99. The monoisotopic (exact) mass is 275 g/mol. The van der Waals surface area contributed by atoms with Crippen LogP contribution in [0.3, 0.4) is 0 Å². The molecule has 0 saturated heterocycles. The lowest BCUT2D eigenvalue weighted by molar-refractivity contribution is -0.151. The van der Waals surface area contributed by atoms with Crippen molar-refractivity contribution in [3.05, 3.63) is 0 Å². The first kappa shape index (κ1) is 17.8. The molecule has 0 spiro atoms. The number of thioether (sulfide) groups is 1. The van der Waals surface area contributed by atoms with E-state index in [0.717, 1.165) is 12.2 Å². The summed E-state index contributed by atoms with van der Waals surface area (Å²) in [4.78, 5) is 12.1. The van der Waals surface area contributed by atoms with Crippen LogP contribution in [-0.4, -0.2) is 35.2 Å². The van der Waals surface area contributed by atoms with Crippen LogP contribution in [0.5, 0.6) is 0 Å². The van der Waals surface area contributed by atoms with Gasteiger partial charge in [0.2, 0.25) is 0 Å². The molecule has 2 atom stereocenters. The minimum absolute atomic E-state index is 0.136. The molecule has 0 fully saturated rings. The molecule has 0 heterocycles. The molecule has 0 bridgehead atoms. The predicted molar refractivity (Wildman–Crippen MR) is 80.1 cm³/mol. The van der Waals surface area contributed by atoms with Crippen LogP contribution in [0.1, 0.15) is 54.4 Å². The number of nitrogens with one attached hydrogen (secondary N) is 1. The third-order valence-corrected chi connectivity index (χ3v) is 4.02. The Morgan fingerprint density at radius 1 is 1.33 bits per heavy atom. The zero-order chi connectivity index (χ0) is 14.2. The Kier molecular flexibility index (Phi) is 8.70. The second kappa shape index (κ2) is 8.81. The summed E-state index contributed by atoms with van der Waals surface area (Å²) in [7, 11) is 0. The highest BCUT2D eigenvalue weighted by Crippen LogP contribution is 2.24. The molecule has 108 valence electrons. The molecule has 3 nitrogen and oxygen atoms in total. The van der Waals surface area contributed by atoms with E-state index in [2.05, 4.69) is 33.0 Å². The lowest BCUT2D eigenvalue weighted by Crippen LogP contribution is -2.54. The Morgan fingerprint density at radius 3 is 2.39 bits per heavy atom. The topological polar surface area (TPSA) is 38.3 Å². The fourth-order valence-electron chi connectivity index (χ4n) is 2.08. The molecule has 0 aromatic carbocycles. The SMILES string of the molecule is CCCSC(C)CC(C)(NC(C)C)C(=O)OCC. The lowest BCUT2D eigenvalue weighted by Gasteiger charge is -2.32. The average Bonchev–Trinajstić information content (AvgIpc) is 2.25. The van der Waals surface area contributed by atoms with Crippen LogP contribution in [0.25, 0.3) is 0 Å². The molecule has 0 rings (SSSR count). The van der Waals surface area contributed by atoms with Gasteiger partial charge in [-0.3, -0.25) is 10.1 Å². The number of rotatable bonds is 9. The van der Waals surface area contributed by atoms with Crippen molar-refractivity contribution in [2.24, 2.45) is 0 Å². The number of carbonyl (C=O) groups is 1. The molecule has 0 aliphatic heterocycles. The van der Waals surface area contributed by atoms with Crippen LogP contribution >= 0.6 is 11.8 Å². The smallest absolute Gasteiger partial charge is 0.326 e. The van der Waals surface area contributed by atoms with Crippen LogP contribution < -0.4 is 5.32 Å². The Balaban J connectivity index is 4.60. The second-order valence-corrected chi connectivity index (χ2v) is 6.78. The molecule has 0 amide bonds. The molecular weight excluding hydrogens is 246 g/mol. The maximum atomic E-state index is 12.1. The first-order chi connectivity index (χ1) is 8.35. The van der Waals surface area contributed by atoms with Gasteiger partial charge in [-0.15, -0.1) is 0 Å². The molecule has 4 heteroatoms. The van der Waals surface area contributed by atoms with Crippen LogP contribution in [0, 0.1) is 0 Å². The fraction of sp³-hybridized carbons (Fsp3) is 0.929. The molecule has 0 aromatic rings. The summed E-state index contributed by atoms with van der Waals surface area (Å²) in [5.74, 6) is 1.00. The van der Waals surface area contributed by atoms with Gasteiger partial charge in [-0.1, -0.05) is 13.8 Å². The molecule has 1 N–H and O–H groups in total. The highest BCUT2D eigenvalue weighted by Gasteiger charge is 2.36. The van der Waals surface area contributed by atoms with Crippen molar-refractivity contribution in [1.82, 2.24) is 5.32 Å². The summed E-state index contributed by atoms with van der Waals surface area (Å²) < 4.78 is 5.20. The Hall–Kier alpha value is -0.220. The summed E-state index contributed by atoms with van der Waals surface area (Å²) in [6, 6.07) is 0.266. The van der Waals surface area contributed by atoms with Crippen LogP contribution in [0.4, 0.5) is 0 Å². The van der Waals surface area contributed by atoms with E-state index in [-0.39, 0.29) is 12.0 Å². The molecular formula is C14H29NO2S. The molecule has 0 saturated carbocycles. The van der Waals surface area contributed by atoms with E-state index in [4.69, 9.17) is 4.74 Å². The lowest BCUT2D eigenvalue weighted by atomic mass is 9.95. The van der Waals surface area contributed by atoms with Crippen molar-refractivity contribution in [2.45, 2.75) is 71.2 Å². The van der Waals surface area contributed by atoms with Crippen molar-refractivity contribution in [2.75, 3.05) is 12.4 Å². The Morgan fingerprint density at radius 2 is 1.94 bits per heavy atom. The zero-order valence-corrected chi connectivity index (χ0v) is 13.5. The molecule has 0 aliphatic carbocycles. The summed E-state index contributed by atoms with van der Waals surface area (Å²) in [5, 5.41) is 3.81. The van der Waals surface area contributed by atoms with Gasteiger partial charge in [0, 0.05) is 11.3 Å². The van der Waals surface area contributed by atoms with Crippen LogP contribution in [0.2, 0.25) is 0 Å². The van der Waals surface area contributed by atoms with Gasteiger partial charge in [-0.2, -0.15) is 11.8 Å². The Bertz CT molecular complexity index is 246. The highest BCUT2D eigenvalue weighted by atomic mass is 32.2. The van der Waals surface area contributed by atoms with Gasteiger partial charge >= 0.3 is 5.97 Å². The van der Waals surface area contributed by atoms with Gasteiger partial charge in [0.1, 0.15) is 5.54 Å². The second-order valence-electron chi connectivity index (χ2n) is 5.24. The van der Waals surface area contributed by atoms with Gasteiger partial charge in [0.15, 0.2) is 0 Å². The van der Waals surface area contributed by atoms with E-state index in [9.17, 15) is 4.79 Å².